The highest BCUT2D eigenvalue weighted by molar-refractivity contribution is 6.30. The van der Waals surface area contributed by atoms with E-state index in [0.717, 1.165) is 18.4 Å². The molecule has 8 nitrogen and oxygen atoms in total. The first-order valence-electron chi connectivity index (χ1n) is 11.7. The number of rotatable bonds is 4. The largest absolute Gasteiger partial charge is 0.370 e. The molecular weight excluding hydrogens is 471 g/mol. The molecular formula is C25H24ClFN6O2. The van der Waals surface area contributed by atoms with Crippen LogP contribution in [-0.4, -0.2) is 43.8 Å². The molecule has 1 atom stereocenters. The molecule has 0 amide bonds. The summed E-state index contributed by atoms with van der Waals surface area (Å²) in [6.45, 7) is 5.00. The standard InChI is InChI=1S/C25H24ClFN6O2/c1-14-15(2)30-22-11-28-24(23(33(22)25(14)34)19-6-3-17(26)9-20(19)27)31-7-8-35-21(13-31)16-10-29-32(12-16)18-4-5-18/h3,6,9-12,18,21H,4-5,7-8,13H2,1-2H3/t21-/m0/s1. The van der Waals surface area contributed by atoms with Crippen molar-refractivity contribution < 1.29 is 9.13 Å². The van der Waals surface area contributed by atoms with E-state index in [4.69, 9.17) is 16.3 Å². The van der Waals surface area contributed by atoms with Crippen molar-refractivity contribution >= 4 is 23.1 Å². The maximum absolute atomic E-state index is 15.2. The molecule has 1 saturated carbocycles. The summed E-state index contributed by atoms with van der Waals surface area (Å²) in [6, 6.07) is 4.91. The van der Waals surface area contributed by atoms with Crippen LogP contribution in [0.15, 0.2) is 41.6 Å². The summed E-state index contributed by atoms with van der Waals surface area (Å²) in [5.74, 6) is -0.0394. The number of ether oxygens (including phenoxy) is 1. The third-order valence-electron chi connectivity index (χ3n) is 6.78. The zero-order valence-corrected chi connectivity index (χ0v) is 20.2. The third kappa shape index (κ3) is 3.88. The Morgan fingerprint density at radius 2 is 2.03 bits per heavy atom. The van der Waals surface area contributed by atoms with Crippen LogP contribution in [0.1, 0.15) is 41.8 Å². The quantitative estimate of drug-likeness (QED) is 0.421. The number of benzene rings is 1. The van der Waals surface area contributed by atoms with Gasteiger partial charge in [-0.15, -0.1) is 0 Å². The molecule has 2 fully saturated rings. The second kappa shape index (κ2) is 8.42. The van der Waals surface area contributed by atoms with Gasteiger partial charge in [0.2, 0.25) is 0 Å². The van der Waals surface area contributed by atoms with Crippen LogP contribution in [0.5, 0.6) is 0 Å². The number of hydrogen-bond acceptors (Lipinski definition) is 6. The predicted octanol–water partition coefficient (Wildman–Crippen LogP) is 4.28. The van der Waals surface area contributed by atoms with Gasteiger partial charge < -0.3 is 9.64 Å². The van der Waals surface area contributed by atoms with Crippen molar-refractivity contribution in [1.29, 1.82) is 0 Å². The lowest BCUT2D eigenvalue weighted by Crippen LogP contribution is -2.39. The van der Waals surface area contributed by atoms with E-state index in [2.05, 4.69) is 15.1 Å². The number of nitrogens with zero attached hydrogens (tertiary/aromatic N) is 6. The van der Waals surface area contributed by atoms with Gasteiger partial charge in [0.25, 0.3) is 5.56 Å². The highest BCUT2D eigenvalue weighted by atomic mass is 35.5. The van der Waals surface area contributed by atoms with Crippen LogP contribution in [0.3, 0.4) is 0 Å². The number of halogens is 2. The SMILES string of the molecule is Cc1nc2cnc(N3CCO[C@H](c4cnn(C5CC5)c4)C3)c(-c3ccc(Cl)cc3F)n2c(=O)c1C. The van der Waals surface area contributed by atoms with Gasteiger partial charge in [0.05, 0.1) is 31.6 Å². The van der Waals surface area contributed by atoms with Crippen LogP contribution >= 0.6 is 11.6 Å². The Labute approximate surface area is 205 Å². The summed E-state index contributed by atoms with van der Waals surface area (Å²) in [5, 5.41) is 4.77. The number of aromatic nitrogens is 5. The highest BCUT2D eigenvalue weighted by Crippen LogP contribution is 2.37. The average molecular weight is 495 g/mol. The normalized spacial score (nSPS) is 18.4. The third-order valence-corrected chi connectivity index (χ3v) is 7.02. The van der Waals surface area contributed by atoms with Gasteiger partial charge in [0, 0.05) is 40.1 Å². The van der Waals surface area contributed by atoms with E-state index < -0.39 is 5.82 Å². The van der Waals surface area contributed by atoms with Crippen molar-refractivity contribution in [2.24, 2.45) is 0 Å². The molecule has 0 unspecified atom stereocenters. The zero-order chi connectivity index (χ0) is 24.3. The number of fused-ring (bicyclic) bond motifs is 1. The molecule has 1 aliphatic carbocycles. The van der Waals surface area contributed by atoms with Gasteiger partial charge in [0.15, 0.2) is 11.5 Å². The second-order valence-electron chi connectivity index (χ2n) is 9.17. The fourth-order valence-electron chi connectivity index (χ4n) is 4.57. The van der Waals surface area contributed by atoms with E-state index in [1.807, 2.05) is 22.0 Å². The summed E-state index contributed by atoms with van der Waals surface area (Å²) in [7, 11) is 0. The maximum atomic E-state index is 15.2. The van der Waals surface area contributed by atoms with Gasteiger partial charge in [-0.3, -0.25) is 13.9 Å². The summed E-state index contributed by atoms with van der Waals surface area (Å²) in [4.78, 5) is 24.7. The van der Waals surface area contributed by atoms with E-state index in [0.29, 0.717) is 54.2 Å². The molecule has 180 valence electrons. The summed E-state index contributed by atoms with van der Waals surface area (Å²) in [6.07, 6.45) is 7.54. The molecule has 0 N–H and O–H groups in total. The van der Waals surface area contributed by atoms with Gasteiger partial charge in [-0.05, 0) is 44.9 Å². The van der Waals surface area contributed by atoms with E-state index >= 15 is 4.39 Å². The van der Waals surface area contributed by atoms with Crippen molar-refractivity contribution in [3.63, 3.8) is 0 Å². The first kappa shape index (κ1) is 22.2. The fourth-order valence-corrected chi connectivity index (χ4v) is 4.73. The summed E-state index contributed by atoms with van der Waals surface area (Å²) in [5.41, 5.74) is 2.81. The molecule has 10 heteroatoms. The van der Waals surface area contributed by atoms with Crippen LogP contribution < -0.4 is 10.5 Å². The Morgan fingerprint density at radius 1 is 1.20 bits per heavy atom. The van der Waals surface area contributed by atoms with Crippen molar-refractivity contribution in [3.8, 4) is 11.3 Å². The molecule has 1 saturated heterocycles. The van der Waals surface area contributed by atoms with Crippen molar-refractivity contribution in [3.05, 3.63) is 74.8 Å². The molecule has 1 aromatic carbocycles. The lowest BCUT2D eigenvalue weighted by molar-refractivity contribution is 0.0395. The Bertz CT molecular complexity index is 1510. The summed E-state index contributed by atoms with van der Waals surface area (Å²) >= 11 is 6.03. The summed E-state index contributed by atoms with van der Waals surface area (Å²) < 4.78 is 24.8. The van der Waals surface area contributed by atoms with Gasteiger partial charge >= 0.3 is 0 Å². The lowest BCUT2D eigenvalue weighted by Gasteiger charge is -2.34. The second-order valence-corrected chi connectivity index (χ2v) is 9.60. The van der Waals surface area contributed by atoms with E-state index in [9.17, 15) is 4.79 Å². The molecule has 4 aromatic rings. The van der Waals surface area contributed by atoms with Gasteiger partial charge in [0.1, 0.15) is 17.6 Å². The first-order chi connectivity index (χ1) is 16.9. The van der Waals surface area contributed by atoms with Crippen molar-refractivity contribution in [2.45, 2.75) is 38.8 Å². The Hall–Kier alpha value is -3.30. The number of morpholine rings is 1. The zero-order valence-electron chi connectivity index (χ0n) is 19.4. The van der Waals surface area contributed by atoms with Gasteiger partial charge in [-0.1, -0.05) is 11.6 Å². The molecule has 35 heavy (non-hydrogen) atoms. The Morgan fingerprint density at radius 3 is 2.80 bits per heavy atom. The van der Waals surface area contributed by atoms with E-state index in [-0.39, 0.29) is 22.2 Å². The molecule has 1 aliphatic heterocycles. The topological polar surface area (TPSA) is 77.6 Å². The van der Waals surface area contributed by atoms with Crippen LogP contribution in [0.25, 0.3) is 16.9 Å². The minimum Gasteiger partial charge on any atom is -0.370 e. The average Bonchev–Trinajstić information content (AvgIpc) is 3.58. The molecule has 6 rings (SSSR count). The number of anilines is 1. The smallest absolute Gasteiger partial charge is 0.261 e. The lowest BCUT2D eigenvalue weighted by atomic mass is 10.1. The maximum Gasteiger partial charge on any atom is 0.261 e. The molecule has 0 bridgehead atoms. The van der Waals surface area contributed by atoms with Crippen molar-refractivity contribution in [1.82, 2.24) is 24.1 Å². The number of hydrogen-bond donors (Lipinski definition) is 0. The van der Waals surface area contributed by atoms with Crippen molar-refractivity contribution in [2.75, 3.05) is 24.6 Å². The van der Waals surface area contributed by atoms with Crippen LogP contribution in [-0.2, 0) is 4.74 Å². The highest BCUT2D eigenvalue weighted by Gasteiger charge is 2.30. The van der Waals surface area contributed by atoms with Crippen LogP contribution in [0.4, 0.5) is 10.2 Å². The number of aryl methyl sites for hydroxylation is 1. The molecule has 4 heterocycles. The molecule has 2 aliphatic rings. The van der Waals surface area contributed by atoms with Gasteiger partial charge in [-0.2, -0.15) is 5.10 Å². The minimum absolute atomic E-state index is 0.216. The van der Waals surface area contributed by atoms with E-state index in [1.165, 1.54) is 10.5 Å². The van der Waals surface area contributed by atoms with Crippen LogP contribution in [0.2, 0.25) is 5.02 Å². The molecule has 3 aromatic heterocycles. The predicted molar refractivity (Wildman–Crippen MR) is 131 cm³/mol. The fraction of sp³-hybridized carbons (Fsp3) is 0.360. The van der Waals surface area contributed by atoms with E-state index in [1.54, 1.807) is 32.2 Å². The molecule has 0 spiro atoms. The Kier molecular flexibility index (Phi) is 5.34. The van der Waals surface area contributed by atoms with Gasteiger partial charge in [-0.25, -0.2) is 14.4 Å². The Balaban J connectivity index is 1.49. The monoisotopic (exact) mass is 494 g/mol. The first-order valence-corrected chi connectivity index (χ1v) is 12.0. The minimum atomic E-state index is -0.534. The molecule has 0 radical (unpaired) electrons. The van der Waals surface area contributed by atoms with Crippen LogP contribution in [0, 0.1) is 19.7 Å².